The van der Waals surface area contributed by atoms with Crippen LogP contribution in [0.4, 0.5) is 13.2 Å². The van der Waals surface area contributed by atoms with E-state index in [0.717, 1.165) is 0 Å². The highest BCUT2D eigenvalue weighted by molar-refractivity contribution is 9.10. The van der Waals surface area contributed by atoms with Crippen molar-refractivity contribution in [2.75, 3.05) is 6.54 Å². The smallest absolute Gasteiger partial charge is 0.330 e. The first kappa shape index (κ1) is 12.5. The molecular weight excluding hydrogens is 275 g/mol. The van der Waals surface area contributed by atoms with E-state index < -0.39 is 11.9 Å². The molecule has 0 amide bonds. The Bertz CT molecular complexity index is 334. The predicted octanol–water partition coefficient (Wildman–Crippen LogP) is 2.26. The van der Waals surface area contributed by atoms with Gasteiger partial charge in [-0.3, -0.25) is 4.68 Å². The zero-order chi connectivity index (χ0) is 11.6. The zero-order valence-corrected chi connectivity index (χ0v) is 9.64. The molecule has 0 aliphatic carbocycles. The maximum atomic E-state index is 12.4. The van der Waals surface area contributed by atoms with Crippen molar-refractivity contribution in [2.45, 2.75) is 19.6 Å². The highest BCUT2D eigenvalue weighted by Gasteiger charge is 2.36. The van der Waals surface area contributed by atoms with Crippen LogP contribution < -0.4 is 5.73 Å². The number of alkyl halides is 3. The largest absolute Gasteiger partial charge is 0.436 e. The summed E-state index contributed by atoms with van der Waals surface area (Å²) < 4.78 is 38.3. The number of nitrogens with two attached hydrogens (primary N) is 1. The van der Waals surface area contributed by atoms with Gasteiger partial charge >= 0.3 is 6.18 Å². The summed E-state index contributed by atoms with van der Waals surface area (Å²) in [4.78, 5) is 0. The van der Waals surface area contributed by atoms with Gasteiger partial charge in [-0.05, 0) is 28.4 Å². The first-order valence-corrected chi connectivity index (χ1v) is 5.14. The maximum absolute atomic E-state index is 12.4. The molecule has 1 unspecified atom stereocenters. The quantitative estimate of drug-likeness (QED) is 0.926. The van der Waals surface area contributed by atoms with Gasteiger partial charge in [0.25, 0.3) is 0 Å². The molecule has 1 heterocycles. The van der Waals surface area contributed by atoms with Crippen molar-refractivity contribution in [2.24, 2.45) is 11.7 Å². The second kappa shape index (κ2) is 4.52. The minimum Gasteiger partial charge on any atom is -0.330 e. The molecule has 1 rings (SSSR count). The fourth-order valence-electron chi connectivity index (χ4n) is 1.08. The molecule has 0 saturated heterocycles. The number of halogens is 4. The molecular formula is C8H11BrF3N3. The van der Waals surface area contributed by atoms with Crippen LogP contribution in [-0.2, 0) is 12.7 Å². The average Bonchev–Trinajstić information content (AvgIpc) is 2.45. The van der Waals surface area contributed by atoms with Gasteiger partial charge in [0.05, 0.1) is 4.47 Å². The van der Waals surface area contributed by atoms with Gasteiger partial charge in [-0.25, -0.2) is 0 Å². The molecule has 86 valence electrons. The molecule has 0 fully saturated rings. The molecule has 1 atom stereocenters. The summed E-state index contributed by atoms with van der Waals surface area (Å²) in [6, 6.07) is 0. The Balaban J connectivity index is 2.86. The Morgan fingerprint density at radius 1 is 1.60 bits per heavy atom. The van der Waals surface area contributed by atoms with E-state index in [-0.39, 0.29) is 10.4 Å². The van der Waals surface area contributed by atoms with Crippen LogP contribution in [0.2, 0.25) is 0 Å². The van der Waals surface area contributed by atoms with Crippen molar-refractivity contribution in [1.82, 2.24) is 9.78 Å². The summed E-state index contributed by atoms with van der Waals surface area (Å²) in [5.74, 6) is 0.0953. The second-order valence-corrected chi connectivity index (χ2v) is 4.24. The lowest BCUT2D eigenvalue weighted by Crippen LogP contribution is -2.18. The summed E-state index contributed by atoms with van der Waals surface area (Å²) in [6.45, 7) is 2.65. The molecule has 0 saturated carbocycles. The highest BCUT2D eigenvalue weighted by atomic mass is 79.9. The molecule has 1 aromatic rings. The van der Waals surface area contributed by atoms with Crippen LogP contribution in [0.1, 0.15) is 12.6 Å². The van der Waals surface area contributed by atoms with Crippen LogP contribution in [0.25, 0.3) is 0 Å². The van der Waals surface area contributed by atoms with Crippen molar-refractivity contribution in [3.63, 3.8) is 0 Å². The molecule has 3 nitrogen and oxygen atoms in total. The molecule has 7 heteroatoms. The maximum Gasteiger partial charge on any atom is 0.436 e. The fourth-order valence-corrected chi connectivity index (χ4v) is 1.62. The molecule has 0 spiro atoms. The Morgan fingerprint density at radius 3 is 2.60 bits per heavy atom. The van der Waals surface area contributed by atoms with Crippen molar-refractivity contribution < 1.29 is 13.2 Å². The van der Waals surface area contributed by atoms with Gasteiger partial charge < -0.3 is 5.73 Å². The van der Waals surface area contributed by atoms with Gasteiger partial charge in [-0.1, -0.05) is 6.92 Å². The fraction of sp³-hybridized carbons (Fsp3) is 0.625. The lowest BCUT2D eigenvalue weighted by atomic mass is 10.2. The first-order valence-electron chi connectivity index (χ1n) is 4.34. The standard InChI is InChI=1S/C8H11BrF3N3/c1-5(2-13)3-15-4-6(9)7(14-15)8(10,11)12/h4-5H,2-3,13H2,1H3. The SMILES string of the molecule is CC(CN)Cn1cc(Br)c(C(F)(F)F)n1. The number of hydrogen-bond donors (Lipinski definition) is 1. The molecule has 0 aliphatic rings. The van der Waals surface area contributed by atoms with E-state index in [0.29, 0.717) is 13.1 Å². The molecule has 0 radical (unpaired) electrons. The topological polar surface area (TPSA) is 43.8 Å². The number of hydrogen-bond acceptors (Lipinski definition) is 2. The average molecular weight is 286 g/mol. The van der Waals surface area contributed by atoms with Crippen LogP contribution in [0.3, 0.4) is 0 Å². The van der Waals surface area contributed by atoms with Gasteiger partial charge in [0.15, 0.2) is 5.69 Å². The van der Waals surface area contributed by atoms with Gasteiger partial charge in [0.1, 0.15) is 0 Å². The van der Waals surface area contributed by atoms with Crippen molar-refractivity contribution >= 4 is 15.9 Å². The lowest BCUT2D eigenvalue weighted by Gasteiger charge is -2.07. The molecule has 15 heavy (non-hydrogen) atoms. The van der Waals surface area contributed by atoms with E-state index in [9.17, 15) is 13.2 Å². The van der Waals surface area contributed by atoms with E-state index >= 15 is 0 Å². The summed E-state index contributed by atoms with van der Waals surface area (Å²) in [5.41, 5.74) is 4.48. The van der Waals surface area contributed by atoms with Crippen LogP contribution in [0.5, 0.6) is 0 Å². The van der Waals surface area contributed by atoms with Gasteiger partial charge in [-0.2, -0.15) is 18.3 Å². The second-order valence-electron chi connectivity index (χ2n) is 3.39. The zero-order valence-electron chi connectivity index (χ0n) is 8.05. The van der Waals surface area contributed by atoms with Gasteiger partial charge in [0.2, 0.25) is 0 Å². The normalized spacial score (nSPS) is 14.3. The van der Waals surface area contributed by atoms with Crippen LogP contribution in [0, 0.1) is 5.92 Å². The molecule has 2 N–H and O–H groups in total. The number of aromatic nitrogens is 2. The summed E-state index contributed by atoms with van der Waals surface area (Å²) in [7, 11) is 0. The monoisotopic (exact) mass is 285 g/mol. The minimum absolute atomic E-state index is 0.0424. The third-order valence-corrected chi connectivity index (χ3v) is 2.47. The van der Waals surface area contributed by atoms with E-state index in [4.69, 9.17) is 5.73 Å². The summed E-state index contributed by atoms with van der Waals surface area (Å²) in [6.07, 6.45) is -3.11. The Hall–Kier alpha value is -0.560. The Labute approximate surface area is 93.6 Å². The summed E-state index contributed by atoms with van der Waals surface area (Å²) >= 11 is 2.83. The van der Waals surface area contributed by atoms with E-state index in [1.165, 1.54) is 10.9 Å². The third kappa shape index (κ3) is 3.20. The van der Waals surface area contributed by atoms with Crippen molar-refractivity contribution in [3.8, 4) is 0 Å². The highest BCUT2D eigenvalue weighted by Crippen LogP contribution is 2.33. The first-order chi connectivity index (χ1) is 6.84. The molecule has 1 aromatic heterocycles. The van der Waals surface area contributed by atoms with E-state index in [1.54, 1.807) is 0 Å². The van der Waals surface area contributed by atoms with Crippen molar-refractivity contribution in [1.29, 1.82) is 0 Å². The number of nitrogens with zero attached hydrogens (tertiary/aromatic N) is 2. The predicted molar refractivity (Wildman–Crippen MR) is 53.1 cm³/mol. The van der Waals surface area contributed by atoms with Crippen molar-refractivity contribution in [3.05, 3.63) is 16.4 Å². The van der Waals surface area contributed by atoms with Gasteiger partial charge in [0, 0.05) is 12.7 Å². The van der Waals surface area contributed by atoms with E-state index in [2.05, 4.69) is 21.0 Å². The van der Waals surface area contributed by atoms with Crippen LogP contribution in [0.15, 0.2) is 10.7 Å². The molecule has 0 aromatic carbocycles. The Kier molecular flexibility index (Phi) is 3.77. The lowest BCUT2D eigenvalue weighted by molar-refractivity contribution is -0.142. The third-order valence-electron chi connectivity index (χ3n) is 1.89. The van der Waals surface area contributed by atoms with Crippen LogP contribution >= 0.6 is 15.9 Å². The van der Waals surface area contributed by atoms with Crippen LogP contribution in [-0.4, -0.2) is 16.3 Å². The Morgan fingerprint density at radius 2 is 2.20 bits per heavy atom. The molecule has 0 aliphatic heterocycles. The molecule has 0 bridgehead atoms. The van der Waals surface area contributed by atoms with E-state index in [1.807, 2.05) is 6.92 Å². The number of rotatable bonds is 3. The minimum atomic E-state index is -4.42. The summed E-state index contributed by atoms with van der Waals surface area (Å²) in [5, 5.41) is 3.46. The van der Waals surface area contributed by atoms with Gasteiger partial charge in [-0.15, -0.1) is 0 Å².